The number of nitrogens with zero attached hydrogens (tertiary/aromatic N) is 1. The molecule has 0 aliphatic rings. The molecule has 3 heterocycles. The predicted molar refractivity (Wildman–Crippen MR) is 221 cm³/mol. The summed E-state index contributed by atoms with van der Waals surface area (Å²) in [5.41, 5.74) is 12.3. The van der Waals surface area contributed by atoms with Crippen molar-refractivity contribution < 1.29 is 4.42 Å². The molecule has 0 spiro atoms. The molecule has 0 saturated carbocycles. The van der Waals surface area contributed by atoms with Gasteiger partial charge >= 0.3 is 0 Å². The van der Waals surface area contributed by atoms with E-state index in [2.05, 4.69) is 164 Å². The van der Waals surface area contributed by atoms with Crippen LogP contribution in [0.1, 0.15) is 0 Å². The molecular weight excluding hydrogens is 651 g/mol. The molecule has 0 saturated heterocycles. The highest BCUT2D eigenvalue weighted by Crippen LogP contribution is 2.48. The smallest absolute Gasteiger partial charge is 0.143 e. The summed E-state index contributed by atoms with van der Waals surface area (Å²) in [5, 5.41) is 8.23. The third kappa shape index (κ3) is 4.46. The van der Waals surface area contributed by atoms with Gasteiger partial charge in [-0.1, -0.05) is 133 Å². The summed E-state index contributed by atoms with van der Waals surface area (Å²) in [7, 11) is 0. The van der Waals surface area contributed by atoms with Crippen LogP contribution in [0.5, 0.6) is 0 Å². The second kappa shape index (κ2) is 11.5. The van der Waals surface area contributed by atoms with Crippen molar-refractivity contribution in [2.75, 3.05) is 0 Å². The van der Waals surface area contributed by atoms with Crippen LogP contribution in [0.4, 0.5) is 0 Å². The highest BCUT2D eigenvalue weighted by Gasteiger charge is 2.21. The van der Waals surface area contributed by atoms with E-state index < -0.39 is 0 Å². The molecule has 0 radical (unpaired) electrons. The van der Waals surface area contributed by atoms with Crippen molar-refractivity contribution >= 4 is 75.1 Å². The number of benzene rings is 8. The van der Waals surface area contributed by atoms with Gasteiger partial charge < -0.3 is 4.42 Å². The molecule has 0 aliphatic carbocycles. The summed E-state index contributed by atoms with van der Waals surface area (Å²) in [6.07, 6.45) is 1.89. The molecule has 0 N–H and O–H groups in total. The molecule has 8 aromatic carbocycles. The number of furan rings is 1. The zero-order valence-electron chi connectivity index (χ0n) is 28.0. The summed E-state index contributed by atoms with van der Waals surface area (Å²) in [4.78, 5) is 4.89. The van der Waals surface area contributed by atoms with Gasteiger partial charge in [-0.15, -0.1) is 11.3 Å². The Hall–Kier alpha value is -6.55. The van der Waals surface area contributed by atoms with Gasteiger partial charge in [0, 0.05) is 64.6 Å². The SMILES string of the molecule is c1ccc(-c2cc(-c3ccccc3)c3sc4c(-c5cc(-c6cccc7ccc8cccnc8c67)cc6c5oc5ccccc56)cccc4c3c2)cc1. The molecule has 0 amide bonds. The molecule has 0 aliphatic heterocycles. The topological polar surface area (TPSA) is 26.0 Å². The molecule has 0 atom stereocenters. The molecular formula is C49H29NOS. The average Bonchev–Trinajstić information content (AvgIpc) is 3.79. The first-order valence-electron chi connectivity index (χ1n) is 17.6. The maximum absolute atomic E-state index is 6.77. The second-order valence-electron chi connectivity index (χ2n) is 13.5. The number of thiophene rings is 1. The van der Waals surface area contributed by atoms with Gasteiger partial charge in [0.25, 0.3) is 0 Å². The van der Waals surface area contributed by atoms with Crippen LogP contribution < -0.4 is 0 Å². The van der Waals surface area contributed by atoms with E-state index in [4.69, 9.17) is 9.40 Å². The minimum atomic E-state index is 0.892. The summed E-state index contributed by atoms with van der Waals surface area (Å²) in [5.74, 6) is 0. The molecule has 11 rings (SSSR count). The van der Waals surface area contributed by atoms with E-state index in [0.717, 1.165) is 49.5 Å². The van der Waals surface area contributed by atoms with Gasteiger partial charge in [-0.25, -0.2) is 0 Å². The standard InChI is InChI=1S/C49H29NOS/c1-3-12-30(13-4-1)34-26-40(31-14-5-2-6-15-31)49-43(27-34)39-21-10-20-38(48(39)52-49)42-29-35(28-41-37-18-7-8-22-44(37)51-47(41)42)36-19-9-16-32-23-24-33-17-11-25-50-46(33)45(32)36/h1-29H. The normalized spacial score (nSPS) is 11.8. The van der Waals surface area contributed by atoms with Gasteiger partial charge in [-0.3, -0.25) is 4.98 Å². The van der Waals surface area contributed by atoms with Gasteiger partial charge in [0.15, 0.2) is 0 Å². The van der Waals surface area contributed by atoms with Crippen molar-refractivity contribution in [2.24, 2.45) is 0 Å². The van der Waals surface area contributed by atoms with Crippen molar-refractivity contribution in [2.45, 2.75) is 0 Å². The Kier molecular flexibility index (Phi) is 6.46. The summed E-state index contributed by atoms with van der Waals surface area (Å²) in [6.45, 7) is 0. The Bertz CT molecular complexity index is 3170. The molecule has 52 heavy (non-hydrogen) atoms. The number of hydrogen-bond acceptors (Lipinski definition) is 3. The molecule has 0 unspecified atom stereocenters. The molecule has 0 bridgehead atoms. The molecule has 242 valence electrons. The summed E-state index contributed by atoms with van der Waals surface area (Å²) >= 11 is 1.88. The van der Waals surface area contributed by atoms with Crippen LogP contribution in [0.25, 0.3) is 108 Å². The van der Waals surface area contributed by atoms with Gasteiger partial charge in [-0.05, 0) is 69.6 Å². The average molecular weight is 680 g/mol. The zero-order valence-corrected chi connectivity index (χ0v) is 28.8. The predicted octanol–water partition coefficient (Wildman–Crippen LogP) is 14.3. The van der Waals surface area contributed by atoms with Crippen molar-refractivity contribution in [3.8, 4) is 44.5 Å². The van der Waals surface area contributed by atoms with Crippen LogP contribution in [-0.2, 0) is 0 Å². The monoisotopic (exact) mass is 679 g/mol. The lowest BCUT2D eigenvalue weighted by molar-refractivity contribution is 0.670. The Balaban J connectivity index is 1.24. The minimum Gasteiger partial charge on any atom is -0.455 e. The van der Waals surface area contributed by atoms with Gasteiger partial charge in [-0.2, -0.15) is 0 Å². The molecule has 11 aromatic rings. The molecule has 3 aromatic heterocycles. The van der Waals surface area contributed by atoms with E-state index in [9.17, 15) is 0 Å². The van der Waals surface area contributed by atoms with Crippen LogP contribution in [0.15, 0.2) is 180 Å². The fourth-order valence-electron chi connectivity index (χ4n) is 8.08. The number of fused-ring (bicyclic) bond motifs is 9. The van der Waals surface area contributed by atoms with E-state index in [0.29, 0.717) is 0 Å². The molecule has 2 nitrogen and oxygen atoms in total. The Morgan fingerprint density at radius 3 is 1.96 bits per heavy atom. The van der Waals surface area contributed by atoms with Crippen molar-refractivity contribution in [3.05, 3.63) is 176 Å². The molecule has 0 fully saturated rings. The van der Waals surface area contributed by atoms with Gasteiger partial charge in [0.2, 0.25) is 0 Å². The van der Waals surface area contributed by atoms with Crippen molar-refractivity contribution in [1.29, 1.82) is 0 Å². The Morgan fingerprint density at radius 2 is 1.08 bits per heavy atom. The molecule has 3 heteroatoms. The van der Waals surface area contributed by atoms with Crippen LogP contribution >= 0.6 is 11.3 Å². The van der Waals surface area contributed by atoms with Gasteiger partial charge in [0.1, 0.15) is 11.2 Å². The van der Waals surface area contributed by atoms with E-state index in [1.807, 2.05) is 23.6 Å². The number of aromatic nitrogens is 1. The van der Waals surface area contributed by atoms with Gasteiger partial charge in [0.05, 0.1) is 5.52 Å². The minimum absolute atomic E-state index is 0.892. The Labute approximate surface area is 303 Å². The number of rotatable bonds is 4. The summed E-state index contributed by atoms with van der Waals surface area (Å²) < 4.78 is 9.31. The van der Waals surface area contributed by atoms with Crippen LogP contribution in [0.2, 0.25) is 0 Å². The third-order valence-corrected chi connectivity index (χ3v) is 11.8. The fraction of sp³-hybridized carbons (Fsp3) is 0. The van der Waals surface area contributed by atoms with E-state index in [1.165, 1.54) is 58.8 Å². The fourth-order valence-corrected chi connectivity index (χ4v) is 9.42. The van der Waals surface area contributed by atoms with E-state index in [1.54, 1.807) is 0 Å². The van der Waals surface area contributed by atoms with Crippen LogP contribution in [0, 0.1) is 0 Å². The zero-order chi connectivity index (χ0) is 34.2. The first-order valence-corrected chi connectivity index (χ1v) is 18.4. The summed E-state index contributed by atoms with van der Waals surface area (Å²) in [6, 6.07) is 61.2. The number of para-hydroxylation sites is 1. The lowest BCUT2D eigenvalue weighted by atomic mass is 9.91. The van der Waals surface area contributed by atoms with Crippen molar-refractivity contribution in [1.82, 2.24) is 4.98 Å². The van der Waals surface area contributed by atoms with E-state index >= 15 is 0 Å². The number of hydrogen-bond donors (Lipinski definition) is 0. The third-order valence-electron chi connectivity index (χ3n) is 10.5. The van der Waals surface area contributed by atoms with E-state index in [-0.39, 0.29) is 0 Å². The lowest BCUT2D eigenvalue weighted by Gasteiger charge is -2.12. The Morgan fingerprint density at radius 1 is 0.404 bits per heavy atom. The number of pyridine rings is 1. The quantitative estimate of drug-likeness (QED) is 0.173. The highest BCUT2D eigenvalue weighted by molar-refractivity contribution is 7.27. The van der Waals surface area contributed by atoms with Crippen LogP contribution in [-0.4, -0.2) is 4.98 Å². The maximum Gasteiger partial charge on any atom is 0.143 e. The van der Waals surface area contributed by atoms with Crippen molar-refractivity contribution in [3.63, 3.8) is 0 Å². The second-order valence-corrected chi connectivity index (χ2v) is 14.5. The van der Waals surface area contributed by atoms with Crippen LogP contribution in [0.3, 0.4) is 0 Å². The maximum atomic E-state index is 6.77. The highest BCUT2D eigenvalue weighted by atomic mass is 32.1. The first-order chi connectivity index (χ1) is 25.8. The lowest BCUT2D eigenvalue weighted by Crippen LogP contribution is -1.88. The largest absolute Gasteiger partial charge is 0.455 e. The first kappa shape index (κ1) is 29.2.